The van der Waals surface area contributed by atoms with Gasteiger partial charge in [0.05, 0.1) is 25.8 Å². The van der Waals surface area contributed by atoms with Crippen molar-refractivity contribution in [2.24, 2.45) is 5.16 Å². The lowest BCUT2D eigenvalue weighted by Crippen LogP contribution is -2.01. The van der Waals surface area contributed by atoms with E-state index in [9.17, 15) is 0 Å². The zero-order valence-electron chi connectivity index (χ0n) is 19.3. The van der Waals surface area contributed by atoms with Crippen molar-refractivity contribution in [3.05, 3.63) is 71.6 Å². The number of nitrogens with zero attached hydrogens (tertiary/aromatic N) is 7. The normalized spacial score (nSPS) is 11.5. The fraction of sp³-hybridized carbons (Fsp3) is 0.208. The summed E-state index contributed by atoms with van der Waals surface area (Å²) >= 11 is 0. The first-order chi connectivity index (χ1) is 16.6. The molecule has 34 heavy (non-hydrogen) atoms. The van der Waals surface area contributed by atoms with E-state index in [2.05, 4.69) is 32.1 Å². The van der Waals surface area contributed by atoms with Crippen LogP contribution < -0.4 is 9.47 Å². The lowest BCUT2D eigenvalue weighted by atomic mass is 10.2. The maximum Gasteiger partial charge on any atom is 0.192 e. The molecule has 0 saturated heterocycles. The minimum atomic E-state index is 0.117. The van der Waals surface area contributed by atoms with Gasteiger partial charge < -0.3 is 14.3 Å². The average Bonchev–Trinajstić information content (AvgIpc) is 3.40. The van der Waals surface area contributed by atoms with E-state index in [-0.39, 0.29) is 6.61 Å². The van der Waals surface area contributed by atoms with E-state index in [0.717, 1.165) is 33.7 Å². The highest BCUT2D eigenvalue weighted by molar-refractivity contribution is 5.94. The second kappa shape index (κ2) is 8.81. The van der Waals surface area contributed by atoms with Gasteiger partial charge in [-0.05, 0) is 49.7 Å². The summed E-state index contributed by atoms with van der Waals surface area (Å²) in [4.78, 5) is 19.3. The van der Waals surface area contributed by atoms with Crippen LogP contribution in [-0.4, -0.2) is 49.6 Å². The van der Waals surface area contributed by atoms with E-state index in [1.165, 1.54) is 0 Å². The molecule has 10 nitrogen and oxygen atoms in total. The molecular weight excluding hydrogens is 434 g/mol. The quantitative estimate of drug-likeness (QED) is 0.272. The molecule has 4 heterocycles. The Hall–Kier alpha value is -4.47. The van der Waals surface area contributed by atoms with E-state index >= 15 is 0 Å². The Kier molecular flexibility index (Phi) is 5.54. The number of ether oxygens (including phenoxy) is 2. The highest BCUT2D eigenvalue weighted by atomic mass is 16.6. The number of methoxy groups -OCH3 is 2. The van der Waals surface area contributed by atoms with Crippen LogP contribution in [0.25, 0.3) is 22.5 Å². The molecule has 0 bridgehead atoms. The van der Waals surface area contributed by atoms with Crippen molar-refractivity contribution < 1.29 is 14.3 Å². The topological polar surface area (TPSA) is 101 Å². The van der Waals surface area contributed by atoms with Gasteiger partial charge in [0.15, 0.2) is 35.2 Å². The van der Waals surface area contributed by atoms with Crippen molar-refractivity contribution in [3.8, 4) is 17.3 Å². The van der Waals surface area contributed by atoms with Crippen LogP contribution in [0.4, 0.5) is 0 Å². The number of aryl methyl sites for hydroxylation is 1. The number of aromatic nitrogens is 6. The van der Waals surface area contributed by atoms with Crippen molar-refractivity contribution >= 4 is 22.9 Å². The average molecular weight is 457 g/mol. The van der Waals surface area contributed by atoms with Gasteiger partial charge in [-0.15, -0.1) is 5.10 Å². The van der Waals surface area contributed by atoms with Crippen LogP contribution in [0.15, 0.2) is 54.1 Å². The highest BCUT2D eigenvalue weighted by Crippen LogP contribution is 2.29. The van der Waals surface area contributed by atoms with Crippen LogP contribution >= 0.6 is 0 Å². The summed E-state index contributed by atoms with van der Waals surface area (Å²) in [5, 5.41) is 9.46. The van der Waals surface area contributed by atoms with Gasteiger partial charge in [0.1, 0.15) is 12.1 Å². The van der Waals surface area contributed by atoms with E-state index < -0.39 is 0 Å². The number of benzene rings is 1. The van der Waals surface area contributed by atoms with E-state index in [1.54, 1.807) is 37.5 Å². The smallest absolute Gasteiger partial charge is 0.192 e. The summed E-state index contributed by atoms with van der Waals surface area (Å²) in [5.74, 6) is 2.58. The number of oxime groups is 1. The molecule has 0 aliphatic rings. The zero-order valence-corrected chi connectivity index (χ0v) is 19.3. The van der Waals surface area contributed by atoms with Gasteiger partial charge in [-0.1, -0.05) is 11.2 Å². The third-order valence-electron chi connectivity index (χ3n) is 5.63. The molecule has 0 fully saturated rings. The number of fused-ring (bicyclic) bond motifs is 3. The van der Waals surface area contributed by atoms with Crippen LogP contribution in [0, 0.1) is 13.8 Å². The lowest BCUT2D eigenvalue weighted by Gasteiger charge is -2.07. The highest BCUT2D eigenvalue weighted by Gasteiger charge is 2.19. The molecule has 10 heteroatoms. The maximum atomic E-state index is 5.45. The molecule has 1 aromatic carbocycles. The number of hydrogen-bond donors (Lipinski definition) is 0. The summed E-state index contributed by atoms with van der Waals surface area (Å²) in [5.41, 5.74) is 4.43. The Morgan fingerprint density at radius 3 is 2.62 bits per heavy atom. The van der Waals surface area contributed by atoms with Crippen molar-refractivity contribution in [2.75, 3.05) is 14.2 Å². The van der Waals surface area contributed by atoms with Gasteiger partial charge in [-0.3, -0.25) is 4.57 Å². The van der Waals surface area contributed by atoms with E-state index in [0.29, 0.717) is 23.0 Å². The summed E-state index contributed by atoms with van der Waals surface area (Å²) < 4.78 is 14.2. The molecule has 172 valence electrons. The van der Waals surface area contributed by atoms with Crippen molar-refractivity contribution in [1.82, 2.24) is 29.1 Å². The lowest BCUT2D eigenvalue weighted by molar-refractivity contribution is 0.126. The molecule has 0 aliphatic carbocycles. The standard InChI is InChI=1S/C24H23N7O3/c1-15-16(2)31(21-7-5-6-10-25-21)23-22(15)24-28-20(29-30(24)14-26-23)13-34-27-12-17-8-9-18(32-3)19(11-17)33-4/h5-12,14H,13H2,1-4H3/b27-12-. The largest absolute Gasteiger partial charge is 0.493 e. The summed E-state index contributed by atoms with van der Waals surface area (Å²) in [7, 11) is 3.18. The van der Waals surface area contributed by atoms with Crippen molar-refractivity contribution in [3.63, 3.8) is 0 Å². The van der Waals surface area contributed by atoms with Crippen LogP contribution in [-0.2, 0) is 11.4 Å². The van der Waals surface area contributed by atoms with Gasteiger partial charge in [0.2, 0.25) is 0 Å². The van der Waals surface area contributed by atoms with Gasteiger partial charge in [-0.25, -0.2) is 19.5 Å². The molecular formula is C24H23N7O3. The Morgan fingerprint density at radius 1 is 1.00 bits per heavy atom. The minimum absolute atomic E-state index is 0.117. The second-order valence-electron chi connectivity index (χ2n) is 7.60. The van der Waals surface area contributed by atoms with Crippen molar-refractivity contribution in [2.45, 2.75) is 20.5 Å². The first kappa shape index (κ1) is 21.4. The number of hydrogen-bond acceptors (Lipinski definition) is 8. The predicted octanol–water partition coefficient (Wildman–Crippen LogP) is 3.65. The van der Waals surface area contributed by atoms with E-state index in [4.69, 9.17) is 14.3 Å². The van der Waals surface area contributed by atoms with Crippen LogP contribution in [0.2, 0.25) is 0 Å². The molecule has 5 rings (SSSR count). The molecule has 0 radical (unpaired) electrons. The Morgan fingerprint density at radius 2 is 1.85 bits per heavy atom. The zero-order chi connectivity index (χ0) is 23.7. The molecule has 0 spiro atoms. The molecule has 5 aromatic rings. The molecule has 0 aliphatic heterocycles. The van der Waals surface area contributed by atoms with Crippen LogP contribution in [0.1, 0.15) is 22.6 Å². The Labute approximate surface area is 195 Å². The fourth-order valence-corrected chi connectivity index (χ4v) is 3.86. The van der Waals surface area contributed by atoms with Crippen molar-refractivity contribution in [1.29, 1.82) is 0 Å². The summed E-state index contributed by atoms with van der Waals surface area (Å²) in [6.07, 6.45) is 5.01. The first-order valence-electron chi connectivity index (χ1n) is 10.6. The fourth-order valence-electron chi connectivity index (χ4n) is 3.86. The van der Waals surface area contributed by atoms with Gasteiger partial charge in [0.25, 0.3) is 0 Å². The molecule has 0 saturated carbocycles. The molecule has 0 unspecified atom stereocenters. The SMILES string of the molecule is COc1ccc(/C=N\OCc2nc3c4c(C)c(C)n(-c5ccccn5)c4ncn3n2)cc1OC. The maximum absolute atomic E-state index is 5.45. The van der Waals surface area contributed by atoms with Crippen LogP contribution in [0.3, 0.4) is 0 Å². The molecule has 4 aromatic heterocycles. The third kappa shape index (κ3) is 3.68. The number of rotatable bonds is 7. The van der Waals surface area contributed by atoms with Gasteiger partial charge in [0, 0.05) is 17.5 Å². The van der Waals surface area contributed by atoms with Gasteiger partial charge in [-0.2, -0.15) is 0 Å². The molecule has 0 N–H and O–H groups in total. The second-order valence-corrected chi connectivity index (χ2v) is 7.60. The Balaban J connectivity index is 1.40. The van der Waals surface area contributed by atoms with E-state index in [1.807, 2.05) is 47.9 Å². The summed E-state index contributed by atoms with van der Waals surface area (Å²) in [6, 6.07) is 11.3. The minimum Gasteiger partial charge on any atom is -0.493 e. The Bertz CT molecular complexity index is 1510. The first-order valence-corrected chi connectivity index (χ1v) is 10.6. The molecule has 0 atom stereocenters. The predicted molar refractivity (Wildman–Crippen MR) is 127 cm³/mol. The van der Waals surface area contributed by atoms with Crippen LogP contribution in [0.5, 0.6) is 11.5 Å². The van der Waals surface area contributed by atoms with Gasteiger partial charge >= 0.3 is 0 Å². The molecule has 0 amide bonds. The number of pyridine rings is 1. The third-order valence-corrected chi connectivity index (χ3v) is 5.63. The summed E-state index contributed by atoms with van der Waals surface area (Å²) in [6.45, 7) is 4.22. The monoisotopic (exact) mass is 457 g/mol.